The Morgan fingerprint density at radius 1 is 1.33 bits per heavy atom. The Balaban J connectivity index is 1.35. The van der Waals surface area contributed by atoms with Crippen LogP contribution in [0, 0.1) is 12.7 Å². The van der Waals surface area contributed by atoms with Crippen molar-refractivity contribution >= 4 is 17.2 Å². The summed E-state index contributed by atoms with van der Waals surface area (Å²) in [6, 6.07) is 1.84. The van der Waals surface area contributed by atoms with Crippen LogP contribution in [-0.4, -0.2) is 37.8 Å². The number of aryl methyl sites for hydroxylation is 1. The molecule has 138 valence electrons. The lowest BCUT2D eigenvalue weighted by molar-refractivity contribution is 0.101. The van der Waals surface area contributed by atoms with Gasteiger partial charge in [-0.2, -0.15) is 0 Å². The third kappa shape index (κ3) is 2.68. The van der Waals surface area contributed by atoms with Gasteiger partial charge in [-0.1, -0.05) is 0 Å². The molecule has 0 atom stereocenters. The van der Waals surface area contributed by atoms with E-state index in [0.29, 0.717) is 17.4 Å². The van der Waals surface area contributed by atoms with Crippen LogP contribution in [0.15, 0.2) is 30.9 Å². The highest BCUT2D eigenvalue weighted by atomic mass is 19.1. The summed E-state index contributed by atoms with van der Waals surface area (Å²) in [5.41, 5.74) is 2.56. The molecule has 1 amide bonds. The van der Waals surface area contributed by atoms with Crippen LogP contribution in [0.25, 0.3) is 5.65 Å². The predicted molar refractivity (Wildman–Crippen MR) is 97.2 cm³/mol. The van der Waals surface area contributed by atoms with E-state index >= 15 is 0 Å². The maximum Gasteiger partial charge on any atom is 0.275 e. The van der Waals surface area contributed by atoms with E-state index in [1.165, 1.54) is 12.3 Å². The first kappa shape index (κ1) is 16.3. The van der Waals surface area contributed by atoms with Gasteiger partial charge in [-0.25, -0.2) is 14.4 Å². The zero-order chi connectivity index (χ0) is 18.6. The number of anilines is 1. The summed E-state index contributed by atoms with van der Waals surface area (Å²) in [5, 5.41) is 6.15. The van der Waals surface area contributed by atoms with Crippen molar-refractivity contribution in [2.45, 2.75) is 37.6 Å². The van der Waals surface area contributed by atoms with Crippen molar-refractivity contribution in [1.82, 2.24) is 24.7 Å². The predicted octanol–water partition coefficient (Wildman–Crippen LogP) is 2.22. The molecule has 2 saturated heterocycles. The second-order valence-corrected chi connectivity index (χ2v) is 7.52. The normalized spacial score (nSPS) is 23.9. The second-order valence-electron chi connectivity index (χ2n) is 7.52. The number of pyridine rings is 1. The molecule has 3 fully saturated rings. The number of imidazole rings is 1. The minimum atomic E-state index is -0.494. The van der Waals surface area contributed by atoms with Crippen molar-refractivity contribution < 1.29 is 9.18 Å². The van der Waals surface area contributed by atoms with E-state index in [4.69, 9.17) is 0 Å². The van der Waals surface area contributed by atoms with Crippen molar-refractivity contribution in [2.75, 3.05) is 11.9 Å². The van der Waals surface area contributed by atoms with Gasteiger partial charge in [0, 0.05) is 36.1 Å². The van der Waals surface area contributed by atoms with Crippen molar-refractivity contribution in [2.24, 2.45) is 0 Å². The van der Waals surface area contributed by atoms with Gasteiger partial charge in [-0.05, 0) is 32.7 Å². The molecule has 27 heavy (non-hydrogen) atoms. The molecule has 1 aliphatic carbocycles. The van der Waals surface area contributed by atoms with Gasteiger partial charge in [-0.15, -0.1) is 0 Å². The number of carbonyl (C=O) groups is 1. The lowest BCUT2D eigenvalue weighted by Gasteiger charge is -2.52. The highest BCUT2D eigenvalue weighted by Crippen LogP contribution is 2.48. The second kappa shape index (κ2) is 5.82. The lowest BCUT2D eigenvalue weighted by atomic mass is 9.59. The topological polar surface area (TPSA) is 84.2 Å². The zero-order valence-electron chi connectivity index (χ0n) is 14.9. The SMILES string of the molecule is Cc1cn2cc(NC(=O)c3cnc([C@]45CCN[C@H](C4)C5)cn3)cc(F)c2n1. The Bertz CT molecular complexity index is 1030. The summed E-state index contributed by atoms with van der Waals surface area (Å²) in [6.45, 7) is 2.78. The van der Waals surface area contributed by atoms with Crippen LogP contribution in [-0.2, 0) is 5.41 Å². The van der Waals surface area contributed by atoms with E-state index in [9.17, 15) is 9.18 Å². The van der Waals surface area contributed by atoms with Crippen LogP contribution < -0.4 is 10.6 Å². The standard InChI is InChI=1S/C19H19FN6O/c1-11-9-26-10-12(4-14(20)17(26)24-11)25-18(27)15-7-23-16(8-22-15)19-2-3-21-13(5-19)6-19/h4,7-10,13,21H,2-3,5-6H2,1H3,(H,25,27)/t13-,19-. The number of halogens is 1. The fourth-order valence-electron chi connectivity index (χ4n) is 4.25. The van der Waals surface area contributed by atoms with Gasteiger partial charge in [0.2, 0.25) is 0 Å². The zero-order valence-corrected chi connectivity index (χ0v) is 14.9. The maximum atomic E-state index is 14.2. The molecule has 2 N–H and O–H groups in total. The van der Waals surface area contributed by atoms with E-state index in [-0.39, 0.29) is 16.8 Å². The molecule has 2 bridgehead atoms. The first-order valence-electron chi connectivity index (χ1n) is 9.05. The van der Waals surface area contributed by atoms with Crippen LogP contribution in [0.5, 0.6) is 0 Å². The van der Waals surface area contributed by atoms with Gasteiger partial charge in [-0.3, -0.25) is 9.78 Å². The molecular weight excluding hydrogens is 347 g/mol. The molecule has 0 spiro atoms. The molecule has 3 aromatic heterocycles. The number of rotatable bonds is 3. The summed E-state index contributed by atoms with van der Waals surface area (Å²) in [5.74, 6) is -0.911. The average Bonchev–Trinajstić information content (AvgIpc) is 3.02. The average molecular weight is 366 g/mol. The third-order valence-corrected chi connectivity index (χ3v) is 5.62. The third-order valence-electron chi connectivity index (χ3n) is 5.62. The Kier molecular flexibility index (Phi) is 3.51. The van der Waals surface area contributed by atoms with Gasteiger partial charge in [0.1, 0.15) is 5.69 Å². The van der Waals surface area contributed by atoms with E-state index in [1.807, 2.05) is 0 Å². The summed E-state index contributed by atoms with van der Waals surface area (Å²) < 4.78 is 15.7. The van der Waals surface area contributed by atoms with Crippen LogP contribution >= 0.6 is 0 Å². The highest BCUT2D eigenvalue weighted by Gasteiger charge is 2.49. The van der Waals surface area contributed by atoms with Crippen molar-refractivity contribution in [3.05, 3.63) is 53.8 Å². The van der Waals surface area contributed by atoms with Crippen molar-refractivity contribution in [3.8, 4) is 0 Å². The summed E-state index contributed by atoms with van der Waals surface area (Å²) >= 11 is 0. The lowest BCUT2D eigenvalue weighted by Crippen LogP contribution is -2.58. The molecule has 3 aliphatic rings. The molecule has 0 unspecified atom stereocenters. The van der Waals surface area contributed by atoms with E-state index in [1.54, 1.807) is 29.9 Å². The number of piperidine rings is 2. The Morgan fingerprint density at radius 3 is 2.89 bits per heavy atom. The van der Waals surface area contributed by atoms with E-state index in [0.717, 1.165) is 31.5 Å². The number of hydrogen-bond acceptors (Lipinski definition) is 5. The van der Waals surface area contributed by atoms with Crippen molar-refractivity contribution in [1.29, 1.82) is 0 Å². The van der Waals surface area contributed by atoms with E-state index in [2.05, 4.69) is 25.6 Å². The molecule has 7 nitrogen and oxygen atoms in total. The van der Waals surface area contributed by atoms with Gasteiger partial charge < -0.3 is 15.0 Å². The molecular formula is C19H19FN6O. The fraction of sp³-hybridized carbons (Fsp3) is 0.368. The number of amides is 1. The first-order valence-corrected chi connectivity index (χ1v) is 9.05. The number of aromatic nitrogens is 4. The number of nitrogens with one attached hydrogen (secondary N) is 2. The van der Waals surface area contributed by atoms with Gasteiger partial charge in [0.05, 0.1) is 23.3 Å². The van der Waals surface area contributed by atoms with Crippen LogP contribution in [0.3, 0.4) is 0 Å². The fourth-order valence-corrected chi connectivity index (χ4v) is 4.25. The number of hydrogen-bond donors (Lipinski definition) is 2. The molecule has 2 aliphatic heterocycles. The highest BCUT2D eigenvalue weighted by molar-refractivity contribution is 6.02. The summed E-state index contributed by atoms with van der Waals surface area (Å²) in [4.78, 5) is 25.4. The minimum Gasteiger partial charge on any atom is -0.319 e. The number of carbonyl (C=O) groups excluding carboxylic acids is 1. The smallest absolute Gasteiger partial charge is 0.275 e. The Labute approximate surface area is 155 Å². The molecule has 8 heteroatoms. The summed E-state index contributed by atoms with van der Waals surface area (Å²) in [7, 11) is 0. The minimum absolute atomic E-state index is 0.116. The summed E-state index contributed by atoms with van der Waals surface area (Å²) in [6.07, 6.45) is 9.75. The van der Waals surface area contributed by atoms with Crippen molar-refractivity contribution in [3.63, 3.8) is 0 Å². The Hall–Kier alpha value is -2.87. The van der Waals surface area contributed by atoms with E-state index < -0.39 is 11.7 Å². The molecule has 0 aromatic carbocycles. The molecule has 6 rings (SSSR count). The van der Waals surface area contributed by atoms with Gasteiger partial charge in [0.25, 0.3) is 5.91 Å². The molecule has 3 aromatic rings. The quantitative estimate of drug-likeness (QED) is 0.743. The molecule has 1 saturated carbocycles. The van der Waals surface area contributed by atoms with Gasteiger partial charge >= 0.3 is 0 Å². The molecule has 5 heterocycles. The largest absolute Gasteiger partial charge is 0.319 e. The number of nitrogens with zero attached hydrogens (tertiary/aromatic N) is 4. The van der Waals surface area contributed by atoms with Gasteiger partial charge in [0.15, 0.2) is 11.5 Å². The monoisotopic (exact) mass is 366 g/mol. The first-order chi connectivity index (χ1) is 13.0. The van der Waals surface area contributed by atoms with Crippen LogP contribution in [0.2, 0.25) is 0 Å². The number of fused-ring (bicyclic) bond motifs is 3. The maximum absolute atomic E-state index is 14.2. The van der Waals surface area contributed by atoms with Crippen LogP contribution in [0.4, 0.5) is 10.1 Å². The molecule has 0 radical (unpaired) electrons. The Morgan fingerprint density at radius 2 is 2.19 bits per heavy atom. The van der Waals surface area contributed by atoms with Crippen LogP contribution in [0.1, 0.15) is 41.1 Å².